The van der Waals surface area contributed by atoms with E-state index in [9.17, 15) is 9.59 Å². The maximum atomic E-state index is 13.4. The molecule has 4 rings (SSSR count). The van der Waals surface area contributed by atoms with Crippen molar-refractivity contribution >= 4 is 11.8 Å². The van der Waals surface area contributed by atoms with Crippen molar-refractivity contribution in [2.45, 2.75) is 91.4 Å². The SMILES string of the molecule is COC(=O)CC[C@H](C)[C@H]1CC[C@H]2[C@H]3C(=O)C[C@@H]4CCCC[C@]4(C)[C@@H]3CC[C@]12C. The molecule has 4 saturated carbocycles. The van der Waals surface area contributed by atoms with E-state index < -0.39 is 0 Å². The van der Waals surface area contributed by atoms with Crippen LogP contribution in [-0.2, 0) is 14.3 Å². The summed E-state index contributed by atoms with van der Waals surface area (Å²) in [4.78, 5) is 25.0. The number of hydrogen-bond donors (Lipinski definition) is 0. The lowest BCUT2D eigenvalue weighted by molar-refractivity contribution is -0.156. The van der Waals surface area contributed by atoms with E-state index in [0.717, 1.165) is 12.8 Å². The van der Waals surface area contributed by atoms with Gasteiger partial charge in [0.25, 0.3) is 0 Å². The fourth-order valence-electron chi connectivity index (χ4n) is 8.59. The molecule has 0 amide bonds. The first-order valence-corrected chi connectivity index (χ1v) is 11.9. The number of carbonyl (C=O) groups excluding carboxylic acids is 2. The highest BCUT2D eigenvalue weighted by atomic mass is 16.5. The lowest BCUT2D eigenvalue weighted by Crippen LogP contribution is -2.56. The molecule has 0 bridgehead atoms. The molecule has 0 aromatic rings. The molecule has 0 aliphatic heterocycles. The molecule has 0 saturated heterocycles. The number of hydrogen-bond acceptors (Lipinski definition) is 3. The number of methoxy groups -OCH3 is 1. The molecule has 0 aromatic carbocycles. The van der Waals surface area contributed by atoms with Gasteiger partial charge in [0.15, 0.2) is 0 Å². The van der Waals surface area contributed by atoms with Gasteiger partial charge in [0, 0.05) is 18.8 Å². The van der Waals surface area contributed by atoms with Crippen molar-refractivity contribution in [2.75, 3.05) is 7.11 Å². The summed E-state index contributed by atoms with van der Waals surface area (Å²) in [6, 6.07) is 0. The zero-order valence-electron chi connectivity index (χ0n) is 18.5. The van der Waals surface area contributed by atoms with Gasteiger partial charge in [-0.1, -0.05) is 33.6 Å². The van der Waals surface area contributed by atoms with Gasteiger partial charge in [-0.3, -0.25) is 9.59 Å². The zero-order valence-corrected chi connectivity index (χ0v) is 18.5. The van der Waals surface area contributed by atoms with Crippen LogP contribution in [0.4, 0.5) is 0 Å². The van der Waals surface area contributed by atoms with Crippen molar-refractivity contribution < 1.29 is 14.3 Å². The predicted octanol–water partition coefficient (Wildman–Crippen LogP) is 5.80. The molecule has 4 fully saturated rings. The summed E-state index contributed by atoms with van der Waals surface area (Å²) in [7, 11) is 1.48. The van der Waals surface area contributed by atoms with Crippen molar-refractivity contribution in [1.29, 1.82) is 0 Å². The van der Waals surface area contributed by atoms with Gasteiger partial charge in [-0.25, -0.2) is 0 Å². The topological polar surface area (TPSA) is 43.4 Å². The summed E-state index contributed by atoms with van der Waals surface area (Å²) in [6.07, 6.45) is 12.6. The Bertz CT molecular complexity index is 627. The van der Waals surface area contributed by atoms with Gasteiger partial charge in [-0.15, -0.1) is 0 Å². The second kappa shape index (κ2) is 7.43. The Morgan fingerprint density at radius 2 is 1.82 bits per heavy atom. The second-order valence-electron chi connectivity index (χ2n) is 11.2. The Labute approximate surface area is 171 Å². The van der Waals surface area contributed by atoms with Crippen LogP contribution in [0.25, 0.3) is 0 Å². The Kier molecular flexibility index (Phi) is 5.42. The smallest absolute Gasteiger partial charge is 0.305 e. The van der Waals surface area contributed by atoms with Crippen LogP contribution in [0.2, 0.25) is 0 Å². The van der Waals surface area contributed by atoms with Gasteiger partial charge < -0.3 is 4.74 Å². The van der Waals surface area contributed by atoms with Crippen molar-refractivity contribution in [3.05, 3.63) is 0 Å². The van der Waals surface area contributed by atoms with Crippen molar-refractivity contribution in [3.8, 4) is 0 Å². The second-order valence-corrected chi connectivity index (χ2v) is 11.2. The molecule has 0 unspecified atom stereocenters. The minimum absolute atomic E-state index is 0.0889. The maximum Gasteiger partial charge on any atom is 0.305 e. The number of rotatable bonds is 4. The van der Waals surface area contributed by atoms with Gasteiger partial charge in [0.2, 0.25) is 0 Å². The first-order valence-electron chi connectivity index (χ1n) is 11.9. The third-order valence-electron chi connectivity index (χ3n) is 10.2. The molecule has 0 heterocycles. The maximum absolute atomic E-state index is 13.4. The van der Waals surface area contributed by atoms with Gasteiger partial charge in [-0.2, -0.15) is 0 Å². The van der Waals surface area contributed by atoms with Crippen LogP contribution < -0.4 is 0 Å². The number of fused-ring (bicyclic) bond motifs is 5. The first-order chi connectivity index (χ1) is 13.3. The van der Waals surface area contributed by atoms with Gasteiger partial charge in [-0.05, 0) is 85.4 Å². The molecule has 8 atom stereocenters. The third kappa shape index (κ3) is 3.06. The van der Waals surface area contributed by atoms with E-state index in [0.29, 0.717) is 53.1 Å². The molecular formula is C25H40O3. The third-order valence-corrected chi connectivity index (χ3v) is 10.2. The highest BCUT2D eigenvalue weighted by Gasteiger charge is 2.62. The van der Waals surface area contributed by atoms with Crippen molar-refractivity contribution in [2.24, 2.45) is 46.3 Å². The Balaban J connectivity index is 1.54. The number of ketones is 1. The summed E-state index contributed by atoms with van der Waals surface area (Å²) < 4.78 is 4.86. The molecule has 0 N–H and O–H groups in total. The first kappa shape index (κ1) is 20.4. The van der Waals surface area contributed by atoms with E-state index in [1.165, 1.54) is 58.5 Å². The van der Waals surface area contributed by atoms with Crippen LogP contribution in [0.1, 0.15) is 91.4 Å². The van der Waals surface area contributed by atoms with Crippen molar-refractivity contribution in [1.82, 2.24) is 0 Å². The molecule has 3 heteroatoms. The fourth-order valence-corrected chi connectivity index (χ4v) is 8.59. The Hall–Kier alpha value is -0.860. The minimum Gasteiger partial charge on any atom is -0.469 e. The average molecular weight is 389 g/mol. The molecule has 28 heavy (non-hydrogen) atoms. The molecule has 0 spiro atoms. The molecule has 4 aliphatic rings. The van der Waals surface area contributed by atoms with E-state index in [2.05, 4.69) is 20.8 Å². The number of carbonyl (C=O) groups is 2. The molecule has 0 aromatic heterocycles. The van der Waals surface area contributed by atoms with E-state index in [1.807, 2.05) is 0 Å². The van der Waals surface area contributed by atoms with E-state index >= 15 is 0 Å². The van der Waals surface area contributed by atoms with Gasteiger partial charge in [0.1, 0.15) is 5.78 Å². The van der Waals surface area contributed by atoms with Crippen molar-refractivity contribution in [3.63, 3.8) is 0 Å². The quantitative estimate of drug-likeness (QED) is 0.571. The van der Waals surface area contributed by atoms with Gasteiger partial charge >= 0.3 is 5.97 Å². The molecule has 3 nitrogen and oxygen atoms in total. The minimum atomic E-state index is -0.0889. The summed E-state index contributed by atoms with van der Waals surface area (Å²) in [5.41, 5.74) is 0.691. The van der Waals surface area contributed by atoms with E-state index in [1.54, 1.807) is 0 Å². The van der Waals surface area contributed by atoms with Crippen LogP contribution in [0, 0.1) is 46.3 Å². The molecular weight excluding hydrogens is 348 g/mol. The fraction of sp³-hybridized carbons (Fsp3) is 0.920. The summed E-state index contributed by atoms with van der Waals surface area (Å²) >= 11 is 0. The Morgan fingerprint density at radius 1 is 1.07 bits per heavy atom. The monoisotopic (exact) mass is 388 g/mol. The van der Waals surface area contributed by atoms with Crippen LogP contribution in [0.15, 0.2) is 0 Å². The highest BCUT2D eigenvalue weighted by molar-refractivity contribution is 5.83. The normalized spacial score (nSPS) is 46.3. The number of ether oxygens (including phenoxy) is 1. The predicted molar refractivity (Wildman–Crippen MR) is 111 cm³/mol. The van der Waals surface area contributed by atoms with Crippen LogP contribution in [0.5, 0.6) is 0 Å². The molecule has 158 valence electrons. The van der Waals surface area contributed by atoms with Crippen LogP contribution >= 0.6 is 0 Å². The lowest BCUT2D eigenvalue weighted by Gasteiger charge is -2.60. The Morgan fingerprint density at radius 3 is 2.57 bits per heavy atom. The van der Waals surface area contributed by atoms with E-state index in [-0.39, 0.29) is 11.4 Å². The summed E-state index contributed by atoms with van der Waals surface area (Å²) in [5.74, 6) is 3.86. The zero-order chi connectivity index (χ0) is 20.1. The summed E-state index contributed by atoms with van der Waals surface area (Å²) in [5, 5.41) is 0. The van der Waals surface area contributed by atoms with Crippen LogP contribution in [-0.4, -0.2) is 18.9 Å². The standard InChI is InChI=1S/C25H40O3/c1-16(8-11-22(27)28-4)18-9-10-19-23-20(12-14-25(18,19)3)24(2)13-6-5-7-17(24)15-21(23)26/h16-20,23H,5-15H2,1-4H3/t16-,17-,18+,19-,20+,23+,24-,25+/m0/s1. The van der Waals surface area contributed by atoms with Gasteiger partial charge in [0.05, 0.1) is 7.11 Å². The molecule has 0 radical (unpaired) electrons. The number of Topliss-reactive ketones (excluding diaryl/α,β-unsaturated/α-hetero) is 1. The average Bonchev–Trinajstić information content (AvgIpc) is 3.03. The van der Waals surface area contributed by atoms with E-state index in [4.69, 9.17) is 4.74 Å². The lowest BCUT2D eigenvalue weighted by atomic mass is 9.44. The molecule has 4 aliphatic carbocycles. The highest BCUT2D eigenvalue weighted by Crippen LogP contribution is 2.67. The number of esters is 1. The van der Waals surface area contributed by atoms with Crippen LogP contribution in [0.3, 0.4) is 0 Å². The largest absolute Gasteiger partial charge is 0.469 e. The summed E-state index contributed by atoms with van der Waals surface area (Å²) in [6.45, 7) is 7.35.